The van der Waals surface area contributed by atoms with Crippen LogP contribution in [0.4, 0.5) is 0 Å². The fourth-order valence-corrected chi connectivity index (χ4v) is 1.63. The smallest absolute Gasteiger partial charge is 0.243 e. The van der Waals surface area contributed by atoms with Gasteiger partial charge in [-0.25, -0.2) is 0 Å². The molecule has 0 aromatic rings. The maximum atomic E-state index is 11.7. The molecule has 0 saturated carbocycles. The van der Waals surface area contributed by atoms with Crippen molar-refractivity contribution in [2.75, 3.05) is 0 Å². The van der Waals surface area contributed by atoms with E-state index in [1.54, 1.807) is 0 Å². The van der Waals surface area contributed by atoms with Gasteiger partial charge in [0.25, 0.3) is 0 Å². The molecule has 90 valence electrons. The van der Waals surface area contributed by atoms with Crippen molar-refractivity contribution in [3.8, 4) is 0 Å². The molecule has 1 rings (SSSR count). The van der Waals surface area contributed by atoms with Gasteiger partial charge in [-0.05, 0) is 5.92 Å². The second kappa shape index (κ2) is 4.96. The number of hydrogen-bond acceptors (Lipinski definition) is 3. The van der Waals surface area contributed by atoms with Crippen molar-refractivity contribution < 1.29 is 14.4 Å². The number of nitrogens with one attached hydrogen (secondary N) is 2. The molecule has 1 heterocycles. The summed E-state index contributed by atoms with van der Waals surface area (Å²) in [5.74, 6) is -1.13. The summed E-state index contributed by atoms with van der Waals surface area (Å²) in [6, 6.07) is -1.34. The molecule has 0 aromatic heterocycles. The van der Waals surface area contributed by atoms with Crippen LogP contribution in [0.25, 0.3) is 0 Å². The average Bonchev–Trinajstić information content (AvgIpc) is 2.21. The van der Waals surface area contributed by atoms with Crippen LogP contribution < -0.4 is 16.4 Å². The third kappa shape index (κ3) is 2.71. The molecule has 1 aliphatic heterocycles. The first-order chi connectivity index (χ1) is 7.45. The Morgan fingerprint density at radius 2 is 2.00 bits per heavy atom. The topological polar surface area (TPSA) is 101 Å². The Morgan fingerprint density at radius 3 is 2.50 bits per heavy atom. The molecule has 3 amide bonds. The highest BCUT2D eigenvalue weighted by Gasteiger charge is 2.36. The molecule has 0 aliphatic carbocycles. The Morgan fingerprint density at radius 1 is 1.38 bits per heavy atom. The third-order valence-corrected chi connectivity index (χ3v) is 2.83. The molecule has 1 aliphatic rings. The fourth-order valence-electron chi connectivity index (χ4n) is 1.63. The first kappa shape index (κ1) is 12.5. The van der Waals surface area contributed by atoms with Crippen LogP contribution in [0.5, 0.6) is 0 Å². The molecule has 0 radical (unpaired) electrons. The van der Waals surface area contributed by atoms with Gasteiger partial charge in [0.2, 0.25) is 17.7 Å². The molecule has 3 unspecified atom stereocenters. The van der Waals surface area contributed by atoms with Crippen molar-refractivity contribution in [1.29, 1.82) is 0 Å². The zero-order valence-electron chi connectivity index (χ0n) is 9.45. The Labute approximate surface area is 93.9 Å². The summed E-state index contributed by atoms with van der Waals surface area (Å²) in [6.07, 6.45) is 0.629. The molecule has 0 spiro atoms. The number of hydrogen-bond donors (Lipinski definition) is 3. The van der Waals surface area contributed by atoms with E-state index in [-0.39, 0.29) is 24.2 Å². The van der Waals surface area contributed by atoms with Gasteiger partial charge in [-0.1, -0.05) is 20.3 Å². The largest absolute Gasteiger partial charge is 0.370 e. The molecule has 1 fully saturated rings. The molecule has 1 saturated heterocycles. The Kier molecular flexibility index (Phi) is 3.87. The lowest BCUT2D eigenvalue weighted by Gasteiger charge is -2.32. The van der Waals surface area contributed by atoms with Gasteiger partial charge in [0.15, 0.2) is 0 Å². The van der Waals surface area contributed by atoms with Gasteiger partial charge in [-0.2, -0.15) is 0 Å². The van der Waals surface area contributed by atoms with Gasteiger partial charge in [-0.15, -0.1) is 0 Å². The van der Waals surface area contributed by atoms with E-state index in [2.05, 4.69) is 10.6 Å². The maximum absolute atomic E-state index is 11.7. The minimum absolute atomic E-state index is 0.0680. The second-order valence-electron chi connectivity index (χ2n) is 4.10. The van der Waals surface area contributed by atoms with Crippen LogP contribution in [0, 0.1) is 5.92 Å². The SMILES string of the molecule is CCC(C)C1NC(=O)C(CC(N)=O)NC1=O. The Bertz CT molecular complexity index is 316. The summed E-state index contributed by atoms with van der Waals surface area (Å²) in [5, 5.41) is 5.12. The second-order valence-corrected chi connectivity index (χ2v) is 4.10. The standard InChI is InChI=1S/C10H17N3O3/c1-3-5(2)8-10(16)12-6(4-7(11)14)9(15)13-8/h5-6,8H,3-4H2,1-2H3,(H2,11,14)(H,12,16)(H,13,15). The van der Waals surface area contributed by atoms with Crippen molar-refractivity contribution >= 4 is 17.7 Å². The lowest BCUT2D eigenvalue weighted by molar-refractivity contribution is -0.139. The molecule has 6 nitrogen and oxygen atoms in total. The molecular formula is C10H17N3O3. The molecular weight excluding hydrogens is 210 g/mol. The van der Waals surface area contributed by atoms with E-state index in [9.17, 15) is 14.4 Å². The minimum atomic E-state index is -0.828. The number of nitrogens with two attached hydrogens (primary N) is 1. The average molecular weight is 227 g/mol. The van der Waals surface area contributed by atoms with Gasteiger partial charge in [0.05, 0.1) is 6.42 Å². The number of carbonyl (C=O) groups excluding carboxylic acids is 3. The molecule has 3 atom stereocenters. The van der Waals surface area contributed by atoms with Crippen LogP contribution in [-0.4, -0.2) is 29.8 Å². The van der Waals surface area contributed by atoms with Gasteiger partial charge < -0.3 is 16.4 Å². The summed E-state index contributed by atoms with van der Waals surface area (Å²) in [4.78, 5) is 33.9. The van der Waals surface area contributed by atoms with E-state index in [4.69, 9.17) is 5.73 Å². The van der Waals surface area contributed by atoms with Gasteiger partial charge in [0, 0.05) is 0 Å². The van der Waals surface area contributed by atoms with Crippen molar-refractivity contribution in [3.63, 3.8) is 0 Å². The summed E-state index contributed by atoms with van der Waals surface area (Å²) < 4.78 is 0. The van der Waals surface area contributed by atoms with Crippen LogP contribution in [0.3, 0.4) is 0 Å². The maximum Gasteiger partial charge on any atom is 0.243 e. The predicted octanol–water partition coefficient (Wildman–Crippen LogP) is -1.11. The van der Waals surface area contributed by atoms with Crippen LogP contribution in [0.15, 0.2) is 0 Å². The minimum Gasteiger partial charge on any atom is -0.370 e. The van der Waals surface area contributed by atoms with Crippen molar-refractivity contribution in [2.45, 2.75) is 38.8 Å². The molecule has 0 bridgehead atoms. The van der Waals surface area contributed by atoms with Crippen LogP contribution in [-0.2, 0) is 14.4 Å². The highest BCUT2D eigenvalue weighted by molar-refractivity contribution is 5.99. The van der Waals surface area contributed by atoms with E-state index >= 15 is 0 Å². The first-order valence-corrected chi connectivity index (χ1v) is 5.34. The predicted molar refractivity (Wildman–Crippen MR) is 57.1 cm³/mol. The quantitative estimate of drug-likeness (QED) is 0.567. The van der Waals surface area contributed by atoms with Crippen LogP contribution >= 0.6 is 0 Å². The van der Waals surface area contributed by atoms with Crippen LogP contribution in [0.1, 0.15) is 26.7 Å². The third-order valence-electron chi connectivity index (χ3n) is 2.83. The molecule has 4 N–H and O–H groups in total. The Balaban J connectivity index is 2.67. The van der Waals surface area contributed by atoms with E-state index in [0.717, 1.165) is 6.42 Å². The van der Waals surface area contributed by atoms with Gasteiger partial charge in [0.1, 0.15) is 12.1 Å². The monoisotopic (exact) mass is 227 g/mol. The van der Waals surface area contributed by atoms with E-state index < -0.39 is 18.0 Å². The number of carbonyl (C=O) groups is 3. The van der Waals surface area contributed by atoms with Crippen molar-refractivity contribution in [3.05, 3.63) is 0 Å². The van der Waals surface area contributed by atoms with E-state index in [1.807, 2.05) is 13.8 Å². The van der Waals surface area contributed by atoms with E-state index in [1.165, 1.54) is 0 Å². The first-order valence-electron chi connectivity index (χ1n) is 5.34. The highest BCUT2D eigenvalue weighted by atomic mass is 16.2. The lowest BCUT2D eigenvalue weighted by atomic mass is 9.95. The van der Waals surface area contributed by atoms with Gasteiger partial charge >= 0.3 is 0 Å². The van der Waals surface area contributed by atoms with Crippen LogP contribution in [0.2, 0.25) is 0 Å². The van der Waals surface area contributed by atoms with E-state index in [0.29, 0.717) is 0 Å². The number of amides is 3. The number of primary amides is 1. The van der Waals surface area contributed by atoms with Gasteiger partial charge in [-0.3, -0.25) is 14.4 Å². The fraction of sp³-hybridized carbons (Fsp3) is 0.700. The summed E-state index contributed by atoms with van der Waals surface area (Å²) >= 11 is 0. The summed E-state index contributed by atoms with van der Waals surface area (Å²) in [6.45, 7) is 3.83. The lowest BCUT2D eigenvalue weighted by Crippen LogP contribution is -2.64. The molecule has 0 aromatic carbocycles. The summed E-state index contributed by atoms with van der Waals surface area (Å²) in [7, 11) is 0. The molecule has 6 heteroatoms. The zero-order valence-corrected chi connectivity index (χ0v) is 9.45. The summed E-state index contributed by atoms with van der Waals surface area (Å²) in [5.41, 5.74) is 4.98. The van der Waals surface area contributed by atoms with Crippen molar-refractivity contribution in [2.24, 2.45) is 11.7 Å². The Hall–Kier alpha value is -1.59. The molecule has 16 heavy (non-hydrogen) atoms. The number of piperazine rings is 1. The highest BCUT2D eigenvalue weighted by Crippen LogP contribution is 2.12. The zero-order chi connectivity index (χ0) is 12.3. The number of rotatable bonds is 4. The van der Waals surface area contributed by atoms with Crippen molar-refractivity contribution in [1.82, 2.24) is 10.6 Å². The normalized spacial score (nSPS) is 26.9.